The average molecular weight is 398 g/mol. The Morgan fingerprint density at radius 1 is 1.07 bits per heavy atom. The molecule has 28 heavy (non-hydrogen) atoms. The van der Waals surface area contributed by atoms with Gasteiger partial charge < -0.3 is 14.4 Å². The molecule has 6 nitrogen and oxygen atoms in total. The van der Waals surface area contributed by atoms with Crippen molar-refractivity contribution in [1.82, 2.24) is 9.88 Å². The van der Waals surface area contributed by atoms with Gasteiger partial charge in [-0.1, -0.05) is 18.2 Å². The molecule has 0 saturated carbocycles. The Balaban J connectivity index is 1.44. The highest BCUT2D eigenvalue weighted by Gasteiger charge is 2.15. The van der Waals surface area contributed by atoms with Gasteiger partial charge in [-0.2, -0.15) is 0 Å². The first kappa shape index (κ1) is 19.8. The fourth-order valence-electron chi connectivity index (χ4n) is 2.52. The van der Waals surface area contributed by atoms with Gasteiger partial charge in [0.05, 0.1) is 16.8 Å². The molecule has 0 spiro atoms. The van der Waals surface area contributed by atoms with Crippen LogP contribution >= 0.6 is 11.3 Å². The van der Waals surface area contributed by atoms with Gasteiger partial charge in [-0.15, -0.1) is 11.3 Å². The first-order valence-electron chi connectivity index (χ1n) is 8.86. The van der Waals surface area contributed by atoms with Crippen molar-refractivity contribution in [1.29, 1.82) is 0 Å². The Kier molecular flexibility index (Phi) is 6.26. The quantitative estimate of drug-likeness (QED) is 0.570. The molecule has 1 amide bonds. The third-order valence-corrected chi connectivity index (χ3v) is 5.35. The van der Waals surface area contributed by atoms with Gasteiger partial charge in [0.1, 0.15) is 10.8 Å². The van der Waals surface area contributed by atoms with Crippen molar-refractivity contribution in [2.45, 2.75) is 20.4 Å². The summed E-state index contributed by atoms with van der Waals surface area (Å²) < 4.78 is 11.5. The predicted molar refractivity (Wildman–Crippen MR) is 108 cm³/mol. The lowest BCUT2D eigenvalue weighted by Crippen LogP contribution is -2.31. The summed E-state index contributed by atoms with van der Waals surface area (Å²) in [5.74, 6) is -0.280. The smallest absolute Gasteiger partial charge is 0.344 e. The molecule has 0 atom stereocenters. The summed E-state index contributed by atoms with van der Waals surface area (Å²) >= 11 is 1.54. The molecule has 0 radical (unpaired) electrons. The average Bonchev–Trinajstić information content (AvgIpc) is 3.09. The van der Waals surface area contributed by atoms with Crippen molar-refractivity contribution in [3.63, 3.8) is 0 Å². The molecule has 0 aliphatic carbocycles. The lowest BCUT2D eigenvalue weighted by molar-refractivity contribution is -0.153. The van der Waals surface area contributed by atoms with Crippen molar-refractivity contribution in [3.8, 4) is 5.75 Å². The second-order valence-corrected chi connectivity index (χ2v) is 7.64. The van der Waals surface area contributed by atoms with Crippen LogP contribution in [0.25, 0.3) is 10.2 Å². The third kappa shape index (κ3) is 5.07. The lowest BCUT2D eigenvalue weighted by atomic mass is 10.1. The zero-order chi connectivity index (χ0) is 20.1. The van der Waals surface area contributed by atoms with Gasteiger partial charge in [0, 0.05) is 7.05 Å². The van der Waals surface area contributed by atoms with Crippen molar-refractivity contribution >= 4 is 33.4 Å². The van der Waals surface area contributed by atoms with E-state index >= 15 is 0 Å². The van der Waals surface area contributed by atoms with Crippen LogP contribution in [0.15, 0.2) is 42.5 Å². The van der Waals surface area contributed by atoms with Gasteiger partial charge >= 0.3 is 5.97 Å². The largest absolute Gasteiger partial charge is 0.482 e. The number of fused-ring (bicyclic) bond motifs is 1. The van der Waals surface area contributed by atoms with E-state index in [0.29, 0.717) is 12.3 Å². The summed E-state index contributed by atoms with van der Waals surface area (Å²) in [5.41, 5.74) is 3.15. The van der Waals surface area contributed by atoms with E-state index in [-0.39, 0.29) is 19.1 Å². The van der Waals surface area contributed by atoms with E-state index in [1.54, 1.807) is 24.5 Å². The number of rotatable bonds is 7. The molecule has 0 saturated heterocycles. The minimum atomic E-state index is -0.583. The number of hydrogen-bond acceptors (Lipinski definition) is 6. The van der Waals surface area contributed by atoms with Crippen molar-refractivity contribution in [2.24, 2.45) is 0 Å². The molecule has 0 aliphatic rings. The number of hydrogen-bond donors (Lipinski definition) is 0. The number of esters is 1. The number of ether oxygens (including phenoxy) is 2. The summed E-state index contributed by atoms with van der Waals surface area (Å²) in [6, 6.07) is 13.4. The van der Waals surface area contributed by atoms with Gasteiger partial charge in [-0.3, -0.25) is 4.79 Å². The van der Waals surface area contributed by atoms with E-state index in [9.17, 15) is 9.59 Å². The monoisotopic (exact) mass is 398 g/mol. The number of para-hydroxylation sites is 1. The topological polar surface area (TPSA) is 68.7 Å². The molecule has 2 aromatic carbocycles. The number of amides is 1. The molecule has 0 fully saturated rings. The van der Waals surface area contributed by atoms with Crippen molar-refractivity contribution in [2.75, 3.05) is 20.3 Å². The summed E-state index contributed by atoms with van der Waals surface area (Å²) in [6.45, 7) is 3.78. The summed E-state index contributed by atoms with van der Waals surface area (Å²) in [6.07, 6.45) is 0. The lowest BCUT2D eigenvalue weighted by Gasteiger charge is -2.15. The molecule has 3 rings (SSSR count). The maximum absolute atomic E-state index is 12.2. The first-order chi connectivity index (χ1) is 13.4. The second kappa shape index (κ2) is 8.84. The van der Waals surface area contributed by atoms with Gasteiger partial charge in [0.2, 0.25) is 0 Å². The molecule has 0 unspecified atom stereocenters. The van der Waals surface area contributed by atoms with Crippen molar-refractivity contribution < 1.29 is 19.1 Å². The fourth-order valence-corrected chi connectivity index (χ4v) is 3.54. The minimum absolute atomic E-state index is 0.239. The highest BCUT2D eigenvalue weighted by molar-refractivity contribution is 7.18. The number of aryl methyl sites for hydroxylation is 2. The van der Waals surface area contributed by atoms with Crippen LogP contribution in [-0.2, 0) is 20.9 Å². The fraction of sp³-hybridized carbons (Fsp3) is 0.286. The highest BCUT2D eigenvalue weighted by atomic mass is 32.1. The molecule has 0 N–H and O–H groups in total. The molecular formula is C21H22N2O4S. The number of aromatic nitrogens is 1. The number of likely N-dealkylation sites (N-methyl/N-ethyl adjacent to an activating group) is 1. The number of thiazole rings is 1. The molecule has 7 heteroatoms. The molecule has 1 aromatic heterocycles. The summed E-state index contributed by atoms with van der Waals surface area (Å²) in [7, 11) is 1.66. The van der Waals surface area contributed by atoms with Crippen LogP contribution in [0, 0.1) is 13.8 Å². The van der Waals surface area contributed by atoms with Crippen LogP contribution in [0.5, 0.6) is 5.75 Å². The van der Waals surface area contributed by atoms with E-state index in [0.717, 1.165) is 26.4 Å². The Labute approximate surface area is 167 Å². The SMILES string of the molecule is Cc1ccc(OCC(=O)OCC(=O)N(C)Cc2nc3ccccc3s2)cc1C. The van der Waals surface area contributed by atoms with Gasteiger partial charge in [-0.05, 0) is 49.2 Å². The van der Waals surface area contributed by atoms with E-state index in [2.05, 4.69) is 4.98 Å². The number of benzene rings is 2. The standard InChI is InChI=1S/C21H22N2O4S/c1-14-8-9-16(10-15(14)2)26-13-21(25)27-12-20(24)23(3)11-19-22-17-6-4-5-7-18(17)28-19/h4-10H,11-13H2,1-3H3. The first-order valence-corrected chi connectivity index (χ1v) is 9.68. The number of carbonyl (C=O) groups excluding carboxylic acids is 2. The molecule has 146 valence electrons. The predicted octanol–water partition coefficient (Wildman–Crippen LogP) is 3.49. The molecule has 0 aliphatic heterocycles. The Morgan fingerprint density at radius 3 is 2.61 bits per heavy atom. The van der Waals surface area contributed by atoms with Gasteiger partial charge in [-0.25, -0.2) is 9.78 Å². The van der Waals surface area contributed by atoms with Crippen LogP contribution in [0.3, 0.4) is 0 Å². The van der Waals surface area contributed by atoms with Crippen LogP contribution in [-0.4, -0.2) is 42.0 Å². The maximum atomic E-state index is 12.2. The summed E-state index contributed by atoms with van der Waals surface area (Å²) in [4.78, 5) is 30.0. The van der Waals surface area contributed by atoms with Crippen LogP contribution in [0.4, 0.5) is 0 Å². The molecule has 1 heterocycles. The molecular weight excluding hydrogens is 376 g/mol. The Morgan fingerprint density at radius 2 is 1.86 bits per heavy atom. The Hall–Kier alpha value is -2.93. The van der Waals surface area contributed by atoms with Crippen molar-refractivity contribution in [3.05, 3.63) is 58.6 Å². The second-order valence-electron chi connectivity index (χ2n) is 6.52. The zero-order valence-electron chi connectivity index (χ0n) is 16.1. The van der Waals surface area contributed by atoms with E-state index in [1.807, 2.05) is 50.2 Å². The van der Waals surface area contributed by atoms with E-state index in [4.69, 9.17) is 9.47 Å². The Bertz CT molecular complexity index is 966. The summed E-state index contributed by atoms with van der Waals surface area (Å²) in [5, 5.41) is 0.835. The van der Waals surface area contributed by atoms with Gasteiger partial charge in [0.25, 0.3) is 5.91 Å². The third-order valence-electron chi connectivity index (χ3n) is 4.33. The number of nitrogens with zero attached hydrogens (tertiary/aromatic N) is 2. The molecule has 3 aromatic rings. The normalized spacial score (nSPS) is 10.7. The van der Waals surface area contributed by atoms with Crippen LogP contribution < -0.4 is 4.74 Å². The maximum Gasteiger partial charge on any atom is 0.344 e. The van der Waals surface area contributed by atoms with Crippen LogP contribution in [0.1, 0.15) is 16.1 Å². The van der Waals surface area contributed by atoms with Crippen LogP contribution in [0.2, 0.25) is 0 Å². The number of carbonyl (C=O) groups is 2. The van der Waals surface area contributed by atoms with E-state index in [1.165, 1.54) is 4.90 Å². The zero-order valence-corrected chi connectivity index (χ0v) is 16.9. The van der Waals surface area contributed by atoms with E-state index < -0.39 is 5.97 Å². The molecule has 0 bridgehead atoms. The minimum Gasteiger partial charge on any atom is -0.482 e. The highest BCUT2D eigenvalue weighted by Crippen LogP contribution is 2.22. The van der Waals surface area contributed by atoms with Gasteiger partial charge in [0.15, 0.2) is 13.2 Å².